The summed E-state index contributed by atoms with van der Waals surface area (Å²) in [5.41, 5.74) is 0. The highest BCUT2D eigenvalue weighted by Gasteiger charge is 2.15. The SMILES string of the molecule is COC(=O)CC1C=C(OC)N=CC1. The minimum Gasteiger partial charge on any atom is -0.481 e. The first-order valence-electron chi connectivity index (χ1n) is 4.11. The number of carbonyl (C=O) groups is 1. The molecule has 0 radical (unpaired) electrons. The van der Waals surface area contributed by atoms with Gasteiger partial charge < -0.3 is 9.47 Å². The van der Waals surface area contributed by atoms with Crippen molar-refractivity contribution in [1.82, 2.24) is 0 Å². The summed E-state index contributed by atoms with van der Waals surface area (Å²) < 4.78 is 9.52. The summed E-state index contributed by atoms with van der Waals surface area (Å²) in [6.07, 6.45) is 4.75. The molecule has 0 N–H and O–H groups in total. The number of esters is 1. The molecule has 4 heteroatoms. The molecule has 1 rings (SSSR count). The van der Waals surface area contributed by atoms with Gasteiger partial charge in [-0.25, -0.2) is 4.99 Å². The average Bonchev–Trinajstić information content (AvgIpc) is 2.18. The zero-order valence-corrected chi connectivity index (χ0v) is 7.82. The van der Waals surface area contributed by atoms with E-state index in [4.69, 9.17) is 4.74 Å². The van der Waals surface area contributed by atoms with Crippen LogP contribution in [0, 0.1) is 5.92 Å². The molecule has 72 valence electrons. The van der Waals surface area contributed by atoms with E-state index in [0.717, 1.165) is 6.42 Å². The minimum atomic E-state index is -0.202. The third-order valence-corrected chi connectivity index (χ3v) is 1.87. The smallest absolute Gasteiger partial charge is 0.306 e. The van der Waals surface area contributed by atoms with E-state index >= 15 is 0 Å². The van der Waals surface area contributed by atoms with Gasteiger partial charge in [0, 0.05) is 6.21 Å². The second-order valence-electron chi connectivity index (χ2n) is 2.80. The molecular formula is C9H13NO3. The van der Waals surface area contributed by atoms with Crippen LogP contribution >= 0.6 is 0 Å². The van der Waals surface area contributed by atoms with Crippen LogP contribution < -0.4 is 0 Å². The summed E-state index contributed by atoms with van der Waals surface area (Å²) in [4.78, 5) is 14.9. The van der Waals surface area contributed by atoms with E-state index in [2.05, 4.69) is 9.73 Å². The van der Waals surface area contributed by atoms with Crippen molar-refractivity contribution in [2.24, 2.45) is 10.9 Å². The predicted molar refractivity (Wildman–Crippen MR) is 48.3 cm³/mol. The summed E-state index contributed by atoms with van der Waals surface area (Å²) in [5.74, 6) is 0.520. The Hall–Kier alpha value is -1.32. The maximum absolute atomic E-state index is 10.9. The molecule has 13 heavy (non-hydrogen) atoms. The Balaban J connectivity index is 2.49. The summed E-state index contributed by atoms with van der Waals surface area (Å²) in [7, 11) is 2.95. The molecule has 1 atom stereocenters. The number of aliphatic imine (C=N–C) groups is 1. The maximum Gasteiger partial charge on any atom is 0.306 e. The van der Waals surface area contributed by atoms with Gasteiger partial charge in [0.15, 0.2) is 0 Å². The van der Waals surface area contributed by atoms with Crippen molar-refractivity contribution >= 4 is 12.2 Å². The van der Waals surface area contributed by atoms with E-state index in [9.17, 15) is 4.79 Å². The molecule has 1 aliphatic rings. The van der Waals surface area contributed by atoms with E-state index < -0.39 is 0 Å². The van der Waals surface area contributed by atoms with Gasteiger partial charge in [-0.15, -0.1) is 0 Å². The van der Waals surface area contributed by atoms with Crippen LogP contribution in [0.15, 0.2) is 17.0 Å². The minimum absolute atomic E-state index is 0.153. The van der Waals surface area contributed by atoms with Crippen molar-refractivity contribution in [3.05, 3.63) is 12.0 Å². The number of hydrogen-bond acceptors (Lipinski definition) is 4. The fraction of sp³-hybridized carbons (Fsp3) is 0.556. The van der Waals surface area contributed by atoms with Crippen LogP contribution in [-0.4, -0.2) is 26.4 Å². The zero-order valence-electron chi connectivity index (χ0n) is 7.82. The number of rotatable bonds is 3. The number of carbonyl (C=O) groups excluding carboxylic acids is 1. The molecule has 0 spiro atoms. The monoisotopic (exact) mass is 183 g/mol. The van der Waals surface area contributed by atoms with Crippen molar-refractivity contribution in [1.29, 1.82) is 0 Å². The lowest BCUT2D eigenvalue weighted by Gasteiger charge is -2.13. The fourth-order valence-corrected chi connectivity index (χ4v) is 1.15. The first-order chi connectivity index (χ1) is 6.26. The Bertz CT molecular complexity index is 245. The van der Waals surface area contributed by atoms with E-state index in [0.29, 0.717) is 12.3 Å². The van der Waals surface area contributed by atoms with Gasteiger partial charge in [0.05, 0.1) is 20.6 Å². The van der Waals surface area contributed by atoms with E-state index in [1.807, 2.05) is 6.08 Å². The van der Waals surface area contributed by atoms with Crippen molar-refractivity contribution in [3.63, 3.8) is 0 Å². The van der Waals surface area contributed by atoms with E-state index in [1.54, 1.807) is 13.3 Å². The molecule has 0 saturated heterocycles. The van der Waals surface area contributed by atoms with Crippen LogP contribution in [0.3, 0.4) is 0 Å². The van der Waals surface area contributed by atoms with Crippen LogP contribution in [0.4, 0.5) is 0 Å². The second-order valence-corrected chi connectivity index (χ2v) is 2.80. The van der Waals surface area contributed by atoms with Crippen molar-refractivity contribution in [3.8, 4) is 0 Å². The lowest BCUT2D eigenvalue weighted by Crippen LogP contribution is -2.11. The summed E-state index contributed by atoms with van der Waals surface area (Å²) >= 11 is 0. The Morgan fingerprint density at radius 1 is 1.69 bits per heavy atom. The highest BCUT2D eigenvalue weighted by atomic mass is 16.5. The normalized spacial score (nSPS) is 20.8. The van der Waals surface area contributed by atoms with Gasteiger partial charge in [0.25, 0.3) is 0 Å². The van der Waals surface area contributed by atoms with E-state index in [1.165, 1.54) is 7.11 Å². The van der Waals surface area contributed by atoms with Gasteiger partial charge in [-0.1, -0.05) is 0 Å². The first-order valence-corrected chi connectivity index (χ1v) is 4.11. The molecule has 1 aliphatic heterocycles. The van der Waals surface area contributed by atoms with Crippen LogP contribution in [-0.2, 0) is 14.3 Å². The Morgan fingerprint density at radius 3 is 3.08 bits per heavy atom. The molecule has 0 fully saturated rings. The van der Waals surface area contributed by atoms with Crippen molar-refractivity contribution in [2.75, 3.05) is 14.2 Å². The largest absolute Gasteiger partial charge is 0.481 e. The Kier molecular flexibility index (Phi) is 3.49. The van der Waals surface area contributed by atoms with Gasteiger partial charge >= 0.3 is 5.97 Å². The summed E-state index contributed by atoms with van der Waals surface area (Å²) in [6, 6.07) is 0. The Morgan fingerprint density at radius 2 is 2.46 bits per heavy atom. The van der Waals surface area contributed by atoms with Gasteiger partial charge in [-0.3, -0.25) is 4.79 Å². The highest BCUT2D eigenvalue weighted by molar-refractivity contribution is 5.71. The molecular weight excluding hydrogens is 170 g/mol. The number of methoxy groups -OCH3 is 2. The lowest BCUT2D eigenvalue weighted by molar-refractivity contribution is -0.141. The second kappa shape index (κ2) is 4.64. The molecule has 0 amide bonds. The molecule has 1 unspecified atom stereocenters. The highest BCUT2D eigenvalue weighted by Crippen LogP contribution is 2.17. The van der Waals surface area contributed by atoms with E-state index in [-0.39, 0.29) is 11.9 Å². The molecule has 0 aliphatic carbocycles. The van der Waals surface area contributed by atoms with Gasteiger partial charge in [-0.2, -0.15) is 0 Å². The van der Waals surface area contributed by atoms with Crippen LogP contribution in [0.25, 0.3) is 0 Å². The number of allylic oxidation sites excluding steroid dienone is 1. The molecule has 0 aromatic heterocycles. The molecule has 0 aromatic rings. The van der Waals surface area contributed by atoms with Crippen molar-refractivity contribution < 1.29 is 14.3 Å². The van der Waals surface area contributed by atoms with Crippen LogP contribution in [0.2, 0.25) is 0 Å². The molecule has 4 nitrogen and oxygen atoms in total. The lowest BCUT2D eigenvalue weighted by atomic mass is 10.0. The zero-order chi connectivity index (χ0) is 9.68. The number of ether oxygens (including phenoxy) is 2. The van der Waals surface area contributed by atoms with Gasteiger partial charge in [0.2, 0.25) is 5.88 Å². The maximum atomic E-state index is 10.9. The Labute approximate surface area is 77.2 Å². The number of hydrogen-bond donors (Lipinski definition) is 0. The van der Waals surface area contributed by atoms with Crippen molar-refractivity contribution in [2.45, 2.75) is 12.8 Å². The third kappa shape index (κ3) is 2.89. The summed E-state index contributed by atoms with van der Waals surface area (Å²) in [6.45, 7) is 0. The van der Waals surface area contributed by atoms with Gasteiger partial charge in [0.1, 0.15) is 0 Å². The third-order valence-electron chi connectivity index (χ3n) is 1.87. The van der Waals surface area contributed by atoms with Crippen LogP contribution in [0.1, 0.15) is 12.8 Å². The summed E-state index contributed by atoms with van der Waals surface area (Å²) in [5, 5.41) is 0. The molecule has 0 saturated carbocycles. The topological polar surface area (TPSA) is 47.9 Å². The number of nitrogens with zero attached hydrogens (tertiary/aromatic N) is 1. The fourth-order valence-electron chi connectivity index (χ4n) is 1.15. The average molecular weight is 183 g/mol. The quantitative estimate of drug-likeness (QED) is 0.616. The predicted octanol–water partition coefficient (Wildman–Crippen LogP) is 1.13. The van der Waals surface area contributed by atoms with Crippen LogP contribution in [0.5, 0.6) is 0 Å². The van der Waals surface area contributed by atoms with Gasteiger partial charge in [-0.05, 0) is 18.4 Å². The molecule has 0 aromatic carbocycles. The molecule has 0 bridgehead atoms. The first kappa shape index (κ1) is 9.77. The molecule has 1 heterocycles. The standard InChI is InChI=1S/C9H13NO3/c1-12-8-5-7(3-4-10-8)6-9(11)13-2/h4-5,7H,3,6H2,1-2H3.